The Kier molecular flexibility index (Phi) is 11.2. The van der Waals surface area contributed by atoms with Crippen molar-refractivity contribution in [2.45, 2.75) is 51.4 Å². The molecule has 240 valence electrons. The molecule has 2 heterocycles. The molecule has 2 unspecified atom stereocenters. The monoisotopic (exact) mass is 652 g/mol. The highest BCUT2D eigenvalue weighted by Crippen LogP contribution is 2.25. The van der Waals surface area contributed by atoms with Crippen molar-refractivity contribution in [3.8, 4) is 0 Å². The minimum atomic E-state index is -3.70. The Morgan fingerprint density at radius 1 is 0.956 bits per heavy atom. The molecule has 4 atom stereocenters. The third-order valence-corrected chi connectivity index (χ3v) is 10.0. The summed E-state index contributed by atoms with van der Waals surface area (Å²) in [6.07, 6.45) is 1.96. The lowest BCUT2D eigenvalue weighted by Crippen LogP contribution is -2.49. The Hall–Kier alpha value is -3.97. The number of aliphatic hydroxyl groups is 1. The first kappa shape index (κ1) is 33.9. The number of thiophene rings is 1. The lowest BCUT2D eigenvalue weighted by molar-refractivity contribution is 0.0824. The minimum absolute atomic E-state index is 0.0790. The maximum Gasteiger partial charge on any atom is 0.251 e. The first-order valence-electron chi connectivity index (χ1n) is 14.6. The molecule has 0 saturated carbocycles. The maximum absolute atomic E-state index is 13.8. The standard InChI is InChI=1S/C33H40N4O6S2/c1-21-13-15-44-31(21)23(3)35-32(39)25-17-26(19-27(18-25)37(4)45(5,41)42)33(40)36-28(16-24-10-7-6-8-11-24)29(38)20-34-22(2)30-12-9-14-43-30/h6-15,17-19,22-23,28-29,34,38H,16,20H2,1-5H3,(H,35,39)(H,36,40)/t22?,23?,28-,29+/m0/s1. The molecule has 0 bridgehead atoms. The number of hydrogen-bond acceptors (Lipinski definition) is 8. The van der Waals surface area contributed by atoms with Crippen LogP contribution in [-0.4, -0.2) is 57.3 Å². The Bertz CT molecular complexity index is 1690. The van der Waals surface area contributed by atoms with E-state index in [0.29, 0.717) is 12.2 Å². The first-order chi connectivity index (χ1) is 21.3. The number of carbonyl (C=O) groups is 2. The summed E-state index contributed by atoms with van der Waals surface area (Å²) in [4.78, 5) is 28.2. The van der Waals surface area contributed by atoms with Gasteiger partial charge in [-0.1, -0.05) is 30.3 Å². The van der Waals surface area contributed by atoms with Gasteiger partial charge in [-0.05, 0) is 80.1 Å². The molecular formula is C33H40N4O6S2. The molecule has 2 aromatic heterocycles. The van der Waals surface area contributed by atoms with Gasteiger partial charge in [0.15, 0.2) is 0 Å². The van der Waals surface area contributed by atoms with Gasteiger partial charge in [-0.2, -0.15) is 0 Å². The summed E-state index contributed by atoms with van der Waals surface area (Å²) >= 11 is 1.53. The normalized spacial score (nSPS) is 14.3. The molecule has 12 heteroatoms. The second kappa shape index (κ2) is 14.9. The number of benzene rings is 2. The van der Waals surface area contributed by atoms with Crippen LogP contribution in [0, 0.1) is 6.92 Å². The van der Waals surface area contributed by atoms with Gasteiger partial charge in [-0.15, -0.1) is 11.3 Å². The van der Waals surface area contributed by atoms with Crippen LogP contribution in [0.1, 0.15) is 68.4 Å². The zero-order chi connectivity index (χ0) is 32.7. The minimum Gasteiger partial charge on any atom is -0.468 e. The van der Waals surface area contributed by atoms with Gasteiger partial charge in [-0.3, -0.25) is 13.9 Å². The van der Waals surface area contributed by atoms with Gasteiger partial charge in [0.2, 0.25) is 10.0 Å². The van der Waals surface area contributed by atoms with E-state index in [9.17, 15) is 23.1 Å². The predicted octanol–water partition coefficient (Wildman–Crippen LogP) is 4.59. The van der Waals surface area contributed by atoms with Gasteiger partial charge < -0.3 is 25.5 Å². The summed E-state index contributed by atoms with van der Waals surface area (Å²) in [6, 6.07) is 18.2. The first-order valence-corrected chi connectivity index (χ1v) is 17.3. The Morgan fingerprint density at radius 3 is 2.20 bits per heavy atom. The molecule has 0 spiro atoms. The molecule has 2 aromatic carbocycles. The molecule has 4 rings (SSSR count). The fraction of sp³-hybridized carbons (Fsp3) is 0.333. The van der Waals surface area contributed by atoms with Gasteiger partial charge in [0.25, 0.3) is 11.8 Å². The molecule has 0 aliphatic carbocycles. The van der Waals surface area contributed by atoms with E-state index in [4.69, 9.17) is 4.42 Å². The third kappa shape index (κ3) is 9.04. The fourth-order valence-electron chi connectivity index (χ4n) is 4.90. The molecule has 0 radical (unpaired) electrons. The molecular weight excluding hydrogens is 613 g/mol. The van der Waals surface area contributed by atoms with Gasteiger partial charge in [0, 0.05) is 29.6 Å². The molecule has 45 heavy (non-hydrogen) atoms. The molecule has 0 aliphatic heterocycles. The topological polar surface area (TPSA) is 141 Å². The van der Waals surface area contributed by atoms with Crippen LogP contribution in [0.5, 0.6) is 0 Å². The van der Waals surface area contributed by atoms with Crippen LogP contribution < -0.4 is 20.3 Å². The van der Waals surface area contributed by atoms with Gasteiger partial charge >= 0.3 is 0 Å². The van der Waals surface area contributed by atoms with Crippen LogP contribution in [0.15, 0.2) is 82.8 Å². The number of furan rings is 1. The van der Waals surface area contributed by atoms with Crippen LogP contribution in [0.3, 0.4) is 0 Å². The fourth-order valence-corrected chi connectivity index (χ4v) is 6.33. The van der Waals surface area contributed by atoms with Crippen molar-refractivity contribution >= 4 is 38.9 Å². The largest absolute Gasteiger partial charge is 0.468 e. The molecule has 0 saturated heterocycles. The number of anilines is 1. The van der Waals surface area contributed by atoms with Gasteiger partial charge in [-0.25, -0.2) is 8.42 Å². The zero-order valence-corrected chi connectivity index (χ0v) is 27.6. The van der Waals surface area contributed by atoms with E-state index in [1.165, 1.54) is 36.6 Å². The highest BCUT2D eigenvalue weighted by atomic mass is 32.2. The summed E-state index contributed by atoms with van der Waals surface area (Å²) in [5.41, 5.74) is 2.32. The number of amides is 2. The van der Waals surface area contributed by atoms with Crippen LogP contribution >= 0.6 is 11.3 Å². The third-order valence-electron chi connectivity index (χ3n) is 7.63. The Labute approximate surface area is 268 Å². The molecule has 0 fully saturated rings. The van der Waals surface area contributed by atoms with E-state index in [-0.39, 0.29) is 35.4 Å². The van der Waals surface area contributed by atoms with Crippen LogP contribution in [0.25, 0.3) is 0 Å². The Balaban J connectivity index is 1.60. The van der Waals surface area contributed by atoms with E-state index in [0.717, 1.165) is 26.6 Å². The van der Waals surface area contributed by atoms with Crippen molar-refractivity contribution in [3.63, 3.8) is 0 Å². The highest BCUT2D eigenvalue weighted by Gasteiger charge is 2.26. The number of nitrogens with one attached hydrogen (secondary N) is 3. The molecule has 0 aliphatic rings. The van der Waals surface area contributed by atoms with Crippen LogP contribution in [0.4, 0.5) is 5.69 Å². The average molecular weight is 653 g/mol. The average Bonchev–Trinajstić information content (AvgIpc) is 3.71. The number of carbonyl (C=O) groups excluding carboxylic acids is 2. The van der Waals surface area contributed by atoms with E-state index < -0.39 is 34.0 Å². The van der Waals surface area contributed by atoms with Crippen LogP contribution in [0.2, 0.25) is 0 Å². The zero-order valence-electron chi connectivity index (χ0n) is 26.0. The Morgan fingerprint density at radius 2 is 1.62 bits per heavy atom. The predicted molar refractivity (Wildman–Crippen MR) is 177 cm³/mol. The van der Waals surface area contributed by atoms with E-state index in [1.807, 2.05) is 68.6 Å². The number of aryl methyl sites for hydroxylation is 1. The number of sulfonamides is 1. The lowest BCUT2D eigenvalue weighted by Gasteiger charge is -2.26. The van der Waals surface area contributed by atoms with E-state index >= 15 is 0 Å². The molecule has 10 nitrogen and oxygen atoms in total. The smallest absolute Gasteiger partial charge is 0.251 e. The van der Waals surface area contributed by atoms with Gasteiger partial charge in [0.1, 0.15) is 5.76 Å². The molecule has 4 aromatic rings. The number of nitrogens with zero attached hydrogens (tertiary/aromatic N) is 1. The van der Waals surface area contributed by atoms with Crippen molar-refractivity contribution < 1.29 is 27.5 Å². The van der Waals surface area contributed by atoms with E-state index in [2.05, 4.69) is 16.0 Å². The number of hydrogen-bond donors (Lipinski definition) is 4. The highest BCUT2D eigenvalue weighted by molar-refractivity contribution is 7.92. The van der Waals surface area contributed by atoms with Crippen molar-refractivity contribution in [1.29, 1.82) is 0 Å². The van der Waals surface area contributed by atoms with Crippen LogP contribution in [-0.2, 0) is 16.4 Å². The second-order valence-corrected chi connectivity index (χ2v) is 14.1. The lowest BCUT2D eigenvalue weighted by atomic mass is 9.99. The second-order valence-electron chi connectivity index (χ2n) is 11.1. The number of rotatable bonds is 14. The molecule has 2 amide bonds. The summed E-state index contributed by atoms with van der Waals surface area (Å²) < 4.78 is 31.3. The summed E-state index contributed by atoms with van der Waals surface area (Å²) in [7, 11) is -2.34. The van der Waals surface area contributed by atoms with Crippen molar-refractivity contribution in [1.82, 2.24) is 16.0 Å². The van der Waals surface area contributed by atoms with Gasteiger partial charge in [0.05, 0.1) is 42.4 Å². The van der Waals surface area contributed by atoms with Crippen molar-refractivity contribution in [3.05, 3.63) is 111 Å². The van der Waals surface area contributed by atoms with Crippen molar-refractivity contribution in [2.24, 2.45) is 0 Å². The molecule has 4 N–H and O–H groups in total. The SMILES string of the molecule is Cc1ccsc1C(C)NC(=O)c1cc(C(=O)N[C@@H](Cc2ccccc2)[C@H](O)CNC(C)c2ccco2)cc(N(C)S(C)(=O)=O)c1. The maximum atomic E-state index is 13.8. The number of aliphatic hydroxyl groups excluding tert-OH is 1. The van der Waals surface area contributed by atoms with E-state index in [1.54, 1.807) is 12.3 Å². The summed E-state index contributed by atoms with van der Waals surface area (Å²) in [5, 5.41) is 22.3. The van der Waals surface area contributed by atoms with Crippen molar-refractivity contribution in [2.75, 3.05) is 24.2 Å². The summed E-state index contributed by atoms with van der Waals surface area (Å²) in [5.74, 6) is -0.300. The summed E-state index contributed by atoms with van der Waals surface area (Å²) in [6.45, 7) is 5.90. The quantitative estimate of drug-likeness (QED) is 0.156.